The van der Waals surface area contributed by atoms with Crippen LogP contribution in [0.1, 0.15) is 53.4 Å². The summed E-state index contributed by atoms with van der Waals surface area (Å²) >= 11 is 5.85. The average Bonchev–Trinajstić information content (AvgIpc) is 3.31. The Hall–Kier alpha value is -5.14. The molecule has 0 bridgehead atoms. The molecular weight excluding hydrogens is 894 g/mol. The number of nitrogens with one attached hydrogen (secondary N) is 4. The third-order valence-corrected chi connectivity index (χ3v) is 11.6. The van der Waals surface area contributed by atoms with Gasteiger partial charge in [-0.3, -0.25) is 25.2 Å². The number of aryl methyl sites for hydroxylation is 2. The van der Waals surface area contributed by atoms with Crippen molar-refractivity contribution in [1.29, 1.82) is 5.41 Å². The molecule has 0 unspecified atom stereocenters. The number of rotatable bonds is 26. The number of guanidine groups is 1. The number of halogens is 1. The van der Waals surface area contributed by atoms with Crippen molar-refractivity contribution in [3.63, 3.8) is 0 Å². The Labute approximate surface area is 392 Å². The molecule has 67 heavy (non-hydrogen) atoms. The Morgan fingerprint density at radius 1 is 0.716 bits per heavy atom. The summed E-state index contributed by atoms with van der Waals surface area (Å²) in [6, 6.07) is 19.3. The molecule has 0 aliphatic heterocycles. The van der Waals surface area contributed by atoms with E-state index in [2.05, 4.69) is 38.1 Å². The number of amides is 2. The summed E-state index contributed by atoms with van der Waals surface area (Å²) in [6.45, 7) is -0.0266. The molecule has 21 nitrogen and oxygen atoms in total. The van der Waals surface area contributed by atoms with Crippen LogP contribution in [0.4, 0.5) is 17.3 Å². The van der Waals surface area contributed by atoms with Crippen LogP contribution in [0, 0.1) is 11.3 Å². The summed E-state index contributed by atoms with van der Waals surface area (Å²) < 4.78 is 0. The Balaban J connectivity index is 1.27. The van der Waals surface area contributed by atoms with Crippen molar-refractivity contribution >= 4 is 57.5 Å². The lowest BCUT2D eigenvalue weighted by atomic mass is 9.91. The quantitative estimate of drug-likeness (QED) is 0.0196. The lowest BCUT2D eigenvalue weighted by Crippen LogP contribution is -2.53. The molecule has 1 aromatic heterocycles. The monoisotopic (exact) mass is 957 g/mol. The molecule has 1 heterocycles. The number of hydrogen-bond acceptors (Lipinski definition) is 18. The van der Waals surface area contributed by atoms with Crippen LogP contribution in [0.3, 0.4) is 0 Å². The van der Waals surface area contributed by atoms with Gasteiger partial charge in [0.05, 0.1) is 25.4 Å². The summed E-state index contributed by atoms with van der Waals surface area (Å²) in [5.41, 5.74) is 14.7. The van der Waals surface area contributed by atoms with E-state index in [0.717, 1.165) is 40.3 Å². The van der Waals surface area contributed by atoms with Crippen LogP contribution in [0.2, 0.25) is 5.15 Å². The number of aliphatic hydroxyl groups is 10. The molecule has 0 aliphatic rings. The van der Waals surface area contributed by atoms with Crippen LogP contribution in [-0.4, -0.2) is 172 Å². The third-order valence-electron chi connectivity index (χ3n) is 11.3. The smallest absolute Gasteiger partial charge is 0.280 e. The molecule has 368 valence electrons. The van der Waals surface area contributed by atoms with E-state index >= 15 is 0 Å². The van der Waals surface area contributed by atoms with Crippen LogP contribution in [0.25, 0.3) is 10.8 Å². The number of nitrogens with two attached hydrogens (primary N) is 2. The lowest BCUT2D eigenvalue weighted by Gasteiger charge is -2.33. The number of nitrogens with zero attached hydrogens (tertiary/aromatic N) is 3. The van der Waals surface area contributed by atoms with Gasteiger partial charge in [-0.25, -0.2) is 9.97 Å². The van der Waals surface area contributed by atoms with E-state index in [9.17, 15) is 50.4 Å². The minimum absolute atomic E-state index is 0.108. The van der Waals surface area contributed by atoms with Gasteiger partial charge in [0.25, 0.3) is 5.91 Å². The number of hydrogen-bond donors (Lipinski definition) is 16. The highest BCUT2D eigenvalue weighted by Crippen LogP contribution is 2.27. The van der Waals surface area contributed by atoms with Crippen molar-refractivity contribution in [2.45, 2.75) is 94.3 Å². The fraction of sp³-hybridized carbons (Fsp3) is 0.489. The van der Waals surface area contributed by atoms with Crippen LogP contribution in [0.15, 0.2) is 60.7 Å². The molecule has 3 aromatic carbocycles. The van der Waals surface area contributed by atoms with Gasteiger partial charge in [0.1, 0.15) is 36.6 Å². The number of carbonyl (C=O) groups is 2. The van der Waals surface area contributed by atoms with E-state index in [4.69, 9.17) is 38.7 Å². The first-order valence-electron chi connectivity index (χ1n) is 21.8. The molecular formula is C45H64ClN9O12. The van der Waals surface area contributed by atoms with Crippen molar-refractivity contribution in [3.8, 4) is 0 Å². The number of aliphatic hydroxyl groups excluding tert-OH is 10. The van der Waals surface area contributed by atoms with E-state index in [0.29, 0.717) is 37.9 Å². The van der Waals surface area contributed by atoms with E-state index in [1.807, 2.05) is 43.3 Å². The predicted octanol–water partition coefficient (Wildman–Crippen LogP) is -1.35. The Morgan fingerprint density at radius 3 is 1.85 bits per heavy atom. The first kappa shape index (κ1) is 54.5. The van der Waals surface area contributed by atoms with Gasteiger partial charge in [0.15, 0.2) is 28.4 Å². The minimum atomic E-state index is -1.89. The first-order chi connectivity index (χ1) is 31.8. The summed E-state index contributed by atoms with van der Waals surface area (Å²) in [7, 11) is 0. The standard InChI is InChI=1S/C45H64ClN9O12/c1-24(19-27-14-13-26(29-9-2-3-10-30(27)29)8-4-5-17-50-45(49)54-44(67)35-41(47)53-42(48)40(46)52-35)43(66)51-28-15-11-25(12-16-28)7-6-18-55(20-31(58)36(62)38(64)33(60)22-56)21-32(59)37(63)39(65)34(61)23-57/h2-3,9-16,24,31-34,36-39,56-65H,4-8,17-23H2,1H3,(H,51,66)(H4,47,48,53)(H3,49,50,54,67)/t24-,31+,32+,33-,34-,36-,37-,38-,39-/m1/s1. The van der Waals surface area contributed by atoms with Crippen molar-refractivity contribution in [1.82, 2.24) is 25.5 Å². The molecule has 0 saturated carbocycles. The number of nitrogen functional groups attached to an aromatic ring is 2. The summed E-state index contributed by atoms with van der Waals surface area (Å²) in [5.74, 6) is -1.85. The molecule has 0 spiro atoms. The van der Waals surface area contributed by atoms with Gasteiger partial charge in [-0.2, -0.15) is 0 Å². The van der Waals surface area contributed by atoms with Gasteiger partial charge in [-0.15, -0.1) is 0 Å². The highest BCUT2D eigenvalue weighted by atomic mass is 35.5. The SMILES string of the molecule is C[C@H](Cc1ccc(CCCCNC(=N)NC(=O)c2nc(Cl)c(N)nc2N)c2ccccc12)C(=O)Nc1ccc(CCCN(C[C@H](O)[C@@H](O)[C@H](O)[C@H](O)CO)C[C@H](O)[C@@H](O)[C@H](O)[C@H](O)CO)cc1. The maximum atomic E-state index is 13.4. The second-order valence-electron chi connectivity index (χ2n) is 16.5. The lowest BCUT2D eigenvalue weighted by molar-refractivity contribution is -0.130. The molecule has 0 saturated heterocycles. The zero-order chi connectivity index (χ0) is 49.4. The summed E-state index contributed by atoms with van der Waals surface area (Å²) in [6.07, 6.45) is -10.7. The first-order valence-corrected chi connectivity index (χ1v) is 22.2. The maximum Gasteiger partial charge on any atom is 0.280 e. The van der Waals surface area contributed by atoms with Gasteiger partial charge < -0.3 is 73.2 Å². The fourth-order valence-corrected chi connectivity index (χ4v) is 7.50. The summed E-state index contributed by atoms with van der Waals surface area (Å²) in [4.78, 5) is 34.9. The molecule has 4 aromatic rings. The minimum Gasteiger partial charge on any atom is -0.394 e. The highest BCUT2D eigenvalue weighted by Gasteiger charge is 2.34. The number of carbonyl (C=O) groups excluding carboxylic acids is 2. The van der Waals surface area contributed by atoms with Gasteiger partial charge >= 0.3 is 0 Å². The highest BCUT2D eigenvalue weighted by molar-refractivity contribution is 6.31. The van der Waals surface area contributed by atoms with E-state index in [-0.39, 0.29) is 59.9 Å². The van der Waals surface area contributed by atoms with Gasteiger partial charge in [-0.05, 0) is 84.7 Å². The molecule has 18 N–H and O–H groups in total. The number of aromatic nitrogens is 2. The number of fused-ring (bicyclic) bond motifs is 1. The Kier molecular flexibility index (Phi) is 21.5. The number of benzene rings is 3. The van der Waals surface area contributed by atoms with E-state index < -0.39 is 68.0 Å². The van der Waals surface area contributed by atoms with Crippen molar-refractivity contribution in [2.24, 2.45) is 5.92 Å². The molecule has 9 atom stereocenters. The normalized spacial score (nSPS) is 15.8. The molecule has 0 radical (unpaired) electrons. The average molecular weight is 959 g/mol. The van der Waals surface area contributed by atoms with Gasteiger partial charge in [0.2, 0.25) is 5.91 Å². The Bertz CT molecular complexity index is 2200. The van der Waals surface area contributed by atoms with Crippen LogP contribution >= 0.6 is 11.6 Å². The van der Waals surface area contributed by atoms with Crippen molar-refractivity contribution < 1.29 is 60.7 Å². The van der Waals surface area contributed by atoms with Crippen molar-refractivity contribution in [2.75, 3.05) is 56.2 Å². The van der Waals surface area contributed by atoms with Crippen LogP contribution in [-0.2, 0) is 24.1 Å². The second-order valence-corrected chi connectivity index (χ2v) is 16.9. The molecule has 0 aliphatic carbocycles. The van der Waals surface area contributed by atoms with Crippen LogP contribution < -0.4 is 27.4 Å². The molecule has 0 fully saturated rings. The van der Waals surface area contributed by atoms with Gasteiger partial charge in [-0.1, -0.05) is 67.1 Å². The molecule has 4 rings (SSSR count). The zero-order valence-electron chi connectivity index (χ0n) is 37.1. The number of anilines is 3. The van der Waals surface area contributed by atoms with Gasteiger partial charge in [0, 0.05) is 31.2 Å². The van der Waals surface area contributed by atoms with Crippen LogP contribution in [0.5, 0.6) is 0 Å². The summed E-state index contributed by atoms with van der Waals surface area (Å²) in [5, 5.41) is 118. The number of unbranched alkanes of at least 4 members (excludes halogenated alkanes) is 1. The second kappa shape index (κ2) is 26.4. The topological polar surface area (TPSA) is 377 Å². The molecule has 2 amide bonds. The predicted molar refractivity (Wildman–Crippen MR) is 251 cm³/mol. The largest absolute Gasteiger partial charge is 0.394 e. The Morgan fingerprint density at radius 2 is 1.27 bits per heavy atom. The third kappa shape index (κ3) is 16.0. The maximum absolute atomic E-state index is 13.4. The molecule has 22 heteroatoms. The van der Waals surface area contributed by atoms with E-state index in [1.165, 1.54) is 4.90 Å². The van der Waals surface area contributed by atoms with E-state index in [1.54, 1.807) is 12.1 Å². The zero-order valence-corrected chi connectivity index (χ0v) is 37.9. The van der Waals surface area contributed by atoms with Crippen molar-refractivity contribution in [3.05, 3.63) is 88.2 Å². The fourth-order valence-electron chi connectivity index (χ4n) is 7.38.